The molecule has 2 atom stereocenters. The largest absolute Gasteiger partial charge is 0.313 e. The first-order valence-electron chi connectivity index (χ1n) is 8.67. The lowest BCUT2D eigenvalue weighted by molar-refractivity contribution is 0.411. The molecule has 1 heteroatoms. The first-order valence-corrected chi connectivity index (χ1v) is 8.67. The molecule has 2 rings (SSSR count). The van der Waals surface area contributed by atoms with Gasteiger partial charge >= 0.3 is 0 Å². The van der Waals surface area contributed by atoms with Crippen molar-refractivity contribution in [3.05, 3.63) is 35.4 Å². The predicted molar refractivity (Wildman–Crippen MR) is 88.3 cm³/mol. The number of aryl methyl sites for hydroxylation is 1. The van der Waals surface area contributed by atoms with Crippen LogP contribution in [0.2, 0.25) is 0 Å². The molecule has 0 heterocycles. The summed E-state index contributed by atoms with van der Waals surface area (Å²) in [6.07, 6.45) is 10.6. The summed E-state index contributed by atoms with van der Waals surface area (Å²) in [4.78, 5) is 0. The zero-order chi connectivity index (χ0) is 14.2. The van der Waals surface area contributed by atoms with Crippen LogP contribution in [0.3, 0.4) is 0 Å². The zero-order valence-corrected chi connectivity index (χ0v) is 13.3. The summed E-state index contributed by atoms with van der Waals surface area (Å²) in [5.74, 6) is 0.722. The van der Waals surface area contributed by atoms with E-state index in [2.05, 4.69) is 43.4 Å². The van der Waals surface area contributed by atoms with Crippen LogP contribution >= 0.6 is 0 Å². The number of nitrogens with one attached hydrogen (secondary N) is 1. The molecular formula is C19H31N. The van der Waals surface area contributed by atoms with E-state index in [1.54, 1.807) is 5.56 Å². The topological polar surface area (TPSA) is 12.0 Å². The first-order chi connectivity index (χ1) is 9.85. The summed E-state index contributed by atoms with van der Waals surface area (Å²) in [5, 5.41) is 3.80. The van der Waals surface area contributed by atoms with Gasteiger partial charge in [-0.05, 0) is 49.3 Å². The van der Waals surface area contributed by atoms with Gasteiger partial charge in [0.05, 0.1) is 0 Å². The average Bonchev–Trinajstić information content (AvgIpc) is 2.72. The van der Waals surface area contributed by atoms with Crippen LogP contribution in [-0.4, -0.2) is 12.6 Å². The van der Waals surface area contributed by atoms with Gasteiger partial charge in [0.25, 0.3) is 0 Å². The van der Waals surface area contributed by atoms with Crippen molar-refractivity contribution in [2.24, 2.45) is 0 Å². The van der Waals surface area contributed by atoms with Crippen molar-refractivity contribution in [2.75, 3.05) is 6.54 Å². The van der Waals surface area contributed by atoms with E-state index in [9.17, 15) is 0 Å². The fraction of sp³-hybridized carbons (Fsp3) is 0.684. The minimum atomic E-state index is 0.689. The first kappa shape index (κ1) is 15.6. The van der Waals surface area contributed by atoms with E-state index in [4.69, 9.17) is 0 Å². The third kappa shape index (κ3) is 4.34. The molecule has 0 saturated heterocycles. The summed E-state index contributed by atoms with van der Waals surface area (Å²) in [5.41, 5.74) is 3.04. The molecule has 0 aromatic heterocycles. The Labute approximate surface area is 125 Å². The molecule has 20 heavy (non-hydrogen) atoms. The van der Waals surface area contributed by atoms with Gasteiger partial charge in [0.15, 0.2) is 0 Å². The molecule has 1 aromatic carbocycles. The predicted octanol–water partition coefficient (Wildman–Crippen LogP) is 5.06. The molecule has 1 nitrogen and oxygen atoms in total. The monoisotopic (exact) mass is 273 g/mol. The van der Waals surface area contributed by atoms with Crippen LogP contribution in [0, 0.1) is 0 Å². The molecule has 2 unspecified atom stereocenters. The number of rotatable bonds is 6. The third-order valence-corrected chi connectivity index (χ3v) is 4.62. The van der Waals surface area contributed by atoms with Crippen LogP contribution < -0.4 is 5.32 Å². The van der Waals surface area contributed by atoms with Gasteiger partial charge in [0.2, 0.25) is 0 Å². The second kappa shape index (κ2) is 8.46. The molecule has 1 N–H and O–H groups in total. The second-order valence-corrected chi connectivity index (χ2v) is 6.30. The van der Waals surface area contributed by atoms with E-state index in [0.717, 1.165) is 12.5 Å². The van der Waals surface area contributed by atoms with Crippen LogP contribution in [0.4, 0.5) is 0 Å². The lowest BCUT2D eigenvalue weighted by Gasteiger charge is -2.27. The second-order valence-electron chi connectivity index (χ2n) is 6.30. The summed E-state index contributed by atoms with van der Waals surface area (Å²) < 4.78 is 0. The molecule has 1 fully saturated rings. The molecule has 0 spiro atoms. The normalized spacial score (nSPS) is 23.5. The Balaban J connectivity index is 2.08. The van der Waals surface area contributed by atoms with Crippen LogP contribution in [-0.2, 0) is 6.42 Å². The van der Waals surface area contributed by atoms with E-state index in [1.165, 1.54) is 56.9 Å². The molecule has 1 aliphatic carbocycles. The van der Waals surface area contributed by atoms with Crippen molar-refractivity contribution < 1.29 is 0 Å². The standard InChI is InChI=1S/C19H31N/c1-3-8-16-11-13-17(14-12-16)18-9-6-5-7-10-19(18)20-15-4-2/h11-14,18-20H,3-10,15H2,1-2H3. The minimum absolute atomic E-state index is 0.689. The van der Waals surface area contributed by atoms with E-state index in [0.29, 0.717) is 6.04 Å². The Kier molecular flexibility index (Phi) is 6.59. The van der Waals surface area contributed by atoms with E-state index in [1.807, 2.05) is 0 Å². The summed E-state index contributed by atoms with van der Waals surface area (Å²) in [7, 11) is 0. The Morgan fingerprint density at radius 2 is 1.70 bits per heavy atom. The van der Waals surface area contributed by atoms with Crippen molar-refractivity contribution in [1.29, 1.82) is 0 Å². The van der Waals surface area contributed by atoms with Gasteiger partial charge in [-0.1, -0.05) is 63.8 Å². The van der Waals surface area contributed by atoms with Crippen LogP contribution in [0.5, 0.6) is 0 Å². The molecule has 1 saturated carbocycles. The molecule has 0 bridgehead atoms. The zero-order valence-electron chi connectivity index (χ0n) is 13.3. The highest BCUT2D eigenvalue weighted by molar-refractivity contribution is 5.27. The highest BCUT2D eigenvalue weighted by Crippen LogP contribution is 2.32. The van der Waals surface area contributed by atoms with Gasteiger partial charge in [-0.3, -0.25) is 0 Å². The number of benzene rings is 1. The Hall–Kier alpha value is -0.820. The van der Waals surface area contributed by atoms with Gasteiger partial charge in [-0.15, -0.1) is 0 Å². The number of hydrogen-bond donors (Lipinski definition) is 1. The van der Waals surface area contributed by atoms with Crippen molar-refractivity contribution in [2.45, 2.75) is 77.2 Å². The highest BCUT2D eigenvalue weighted by Gasteiger charge is 2.24. The smallest absolute Gasteiger partial charge is 0.0136 e. The molecular weight excluding hydrogens is 242 g/mol. The Bertz CT molecular complexity index is 368. The molecule has 0 amide bonds. The van der Waals surface area contributed by atoms with E-state index < -0.39 is 0 Å². The summed E-state index contributed by atoms with van der Waals surface area (Å²) >= 11 is 0. The fourth-order valence-electron chi connectivity index (χ4n) is 3.50. The van der Waals surface area contributed by atoms with Crippen LogP contribution in [0.1, 0.15) is 75.8 Å². The fourth-order valence-corrected chi connectivity index (χ4v) is 3.50. The van der Waals surface area contributed by atoms with Crippen LogP contribution in [0.25, 0.3) is 0 Å². The molecule has 0 radical (unpaired) electrons. The quantitative estimate of drug-likeness (QED) is 0.715. The van der Waals surface area contributed by atoms with Gasteiger partial charge < -0.3 is 5.32 Å². The molecule has 1 aromatic rings. The lowest BCUT2D eigenvalue weighted by Crippen LogP contribution is -2.34. The van der Waals surface area contributed by atoms with Crippen molar-refractivity contribution in [3.63, 3.8) is 0 Å². The SMILES string of the molecule is CCCNC1CCCCCC1c1ccc(CCC)cc1. The Morgan fingerprint density at radius 1 is 0.950 bits per heavy atom. The lowest BCUT2D eigenvalue weighted by atomic mass is 9.87. The molecule has 1 aliphatic rings. The van der Waals surface area contributed by atoms with E-state index in [-0.39, 0.29) is 0 Å². The minimum Gasteiger partial charge on any atom is -0.313 e. The van der Waals surface area contributed by atoms with Crippen LogP contribution in [0.15, 0.2) is 24.3 Å². The maximum atomic E-state index is 3.80. The van der Waals surface area contributed by atoms with E-state index >= 15 is 0 Å². The summed E-state index contributed by atoms with van der Waals surface area (Å²) in [6.45, 7) is 5.68. The van der Waals surface area contributed by atoms with Gasteiger partial charge in [0, 0.05) is 6.04 Å². The average molecular weight is 273 g/mol. The van der Waals surface area contributed by atoms with Crippen molar-refractivity contribution >= 4 is 0 Å². The van der Waals surface area contributed by atoms with Gasteiger partial charge in [0.1, 0.15) is 0 Å². The molecule has 0 aliphatic heterocycles. The maximum absolute atomic E-state index is 3.80. The highest BCUT2D eigenvalue weighted by atomic mass is 14.9. The summed E-state index contributed by atoms with van der Waals surface area (Å²) in [6, 6.07) is 10.2. The molecule has 112 valence electrons. The third-order valence-electron chi connectivity index (χ3n) is 4.62. The van der Waals surface area contributed by atoms with Gasteiger partial charge in [-0.2, -0.15) is 0 Å². The maximum Gasteiger partial charge on any atom is 0.0136 e. The Morgan fingerprint density at radius 3 is 2.40 bits per heavy atom. The number of hydrogen-bond acceptors (Lipinski definition) is 1. The van der Waals surface area contributed by atoms with Gasteiger partial charge in [-0.25, -0.2) is 0 Å². The van der Waals surface area contributed by atoms with Crippen molar-refractivity contribution in [3.8, 4) is 0 Å². The van der Waals surface area contributed by atoms with Crippen molar-refractivity contribution in [1.82, 2.24) is 5.32 Å².